The Hall–Kier alpha value is -1.32. The summed E-state index contributed by atoms with van der Waals surface area (Å²) in [6.07, 6.45) is 3.46. The van der Waals surface area contributed by atoms with Gasteiger partial charge in [-0.2, -0.15) is 0 Å². The third-order valence-electron chi connectivity index (χ3n) is 4.00. The second-order valence-corrected chi connectivity index (χ2v) is 5.36. The Morgan fingerprint density at radius 3 is 1.44 bits per heavy atom. The molecule has 4 heteroatoms. The molecule has 0 spiro atoms. The molecular formula is C14H18O4. The normalized spacial score (nSPS) is 31.1. The highest BCUT2D eigenvalue weighted by Gasteiger charge is 2.36. The van der Waals surface area contributed by atoms with Gasteiger partial charge in [0, 0.05) is 24.7 Å². The average molecular weight is 250 g/mol. The van der Waals surface area contributed by atoms with Crippen LogP contribution >= 0.6 is 0 Å². The Labute approximate surface area is 106 Å². The standard InChI is InChI=1S/C14H18O4/c15-9-3-1-5-11(13(17)7-9)12-6-2-4-10(16)8-14(12)18/h11-12H,1-8H2. The van der Waals surface area contributed by atoms with E-state index in [1.54, 1.807) is 0 Å². The molecule has 0 N–H and O–H groups in total. The monoisotopic (exact) mass is 250 g/mol. The summed E-state index contributed by atoms with van der Waals surface area (Å²) < 4.78 is 0. The van der Waals surface area contributed by atoms with Gasteiger partial charge in [0.25, 0.3) is 0 Å². The first-order valence-corrected chi connectivity index (χ1v) is 6.66. The minimum atomic E-state index is -0.324. The fraction of sp³-hybridized carbons (Fsp3) is 0.714. The minimum Gasteiger partial charge on any atom is -0.299 e. The first-order valence-electron chi connectivity index (χ1n) is 6.66. The van der Waals surface area contributed by atoms with Crippen molar-refractivity contribution in [2.75, 3.05) is 0 Å². The zero-order chi connectivity index (χ0) is 13.1. The number of rotatable bonds is 1. The number of carbonyl (C=O) groups is 4. The minimum absolute atomic E-state index is 0.0142. The van der Waals surface area contributed by atoms with Crippen molar-refractivity contribution in [3.05, 3.63) is 0 Å². The molecule has 0 aromatic rings. The summed E-state index contributed by atoms with van der Waals surface area (Å²) in [5.74, 6) is -0.862. The lowest BCUT2D eigenvalue weighted by Crippen LogP contribution is -2.29. The van der Waals surface area contributed by atoms with Crippen molar-refractivity contribution >= 4 is 23.1 Å². The van der Waals surface area contributed by atoms with Crippen molar-refractivity contribution in [2.24, 2.45) is 11.8 Å². The molecule has 2 rings (SSSR count). The fourth-order valence-electron chi connectivity index (χ4n) is 3.04. The zero-order valence-corrected chi connectivity index (χ0v) is 10.4. The van der Waals surface area contributed by atoms with Crippen LogP contribution < -0.4 is 0 Å². The summed E-state index contributed by atoms with van der Waals surface area (Å²) in [5.41, 5.74) is 0. The molecule has 0 aromatic carbocycles. The predicted molar refractivity (Wildman–Crippen MR) is 63.9 cm³/mol. The van der Waals surface area contributed by atoms with Gasteiger partial charge >= 0.3 is 0 Å². The van der Waals surface area contributed by atoms with Crippen LogP contribution in [0.15, 0.2) is 0 Å². The second-order valence-electron chi connectivity index (χ2n) is 5.36. The molecule has 0 radical (unpaired) electrons. The fourth-order valence-corrected chi connectivity index (χ4v) is 3.04. The van der Waals surface area contributed by atoms with Crippen molar-refractivity contribution in [2.45, 2.75) is 51.4 Å². The molecule has 2 atom stereocenters. The van der Waals surface area contributed by atoms with Crippen LogP contribution in [0, 0.1) is 11.8 Å². The average Bonchev–Trinajstić information content (AvgIpc) is 2.55. The molecule has 2 aliphatic carbocycles. The Morgan fingerprint density at radius 1 is 0.667 bits per heavy atom. The van der Waals surface area contributed by atoms with E-state index in [0.717, 1.165) is 0 Å². The molecule has 2 fully saturated rings. The summed E-state index contributed by atoms with van der Waals surface area (Å²) in [5, 5.41) is 0. The molecule has 0 saturated heterocycles. The number of Topliss-reactive ketones (excluding diaryl/α,β-unsaturated/α-hetero) is 4. The van der Waals surface area contributed by atoms with Gasteiger partial charge in [-0.3, -0.25) is 19.2 Å². The van der Waals surface area contributed by atoms with Crippen LogP contribution in [0.2, 0.25) is 0 Å². The lowest BCUT2D eigenvalue weighted by molar-refractivity contribution is -0.136. The van der Waals surface area contributed by atoms with Crippen LogP contribution in [0.1, 0.15) is 51.4 Å². The van der Waals surface area contributed by atoms with E-state index in [2.05, 4.69) is 0 Å². The molecule has 2 aliphatic rings. The van der Waals surface area contributed by atoms with E-state index in [9.17, 15) is 19.2 Å². The van der Waals surface area contributed by atoms with Crippen LogP contribution in [0.4, 0.5) is 0 Å². The van der Waals surface area contributed by atoms with E-state index in [1.807, 2.05) is 0 Å². The van der Waals surface area contributed by atoms with Crippen molar-refractivity contribution in [1.82, 2.24) is 0 Å². The van der Waals surface area contributed by atoms with Gasteiger partial charge in [0.2, 0.25) is 0 Å². The number of hydrogen-bond acceptors (Lipinski definition) is 4. The van der Waals surface area contributed by atoms with Gasteiger partial charge in [0.15, 0.2) is 0 Å². The molecule has 2 saturated carbocycles. The Bertz CT molecular complexity index is 359. The highest BCUT2D eigenvalue weighted by molar-refractivity contribution is 6.05. The van der Waals surface area contributed by atoms with Gasteiger partial charge in [-0.05, 0) is 25.7 Å². The third-order valence-corrected chi connectivity index (χ3v) is 4.00. The largest absolute Gasteiger partial charge is 0.299 e. The van der Waals surface area contributed by atoms with E-state index in [-0.39, 0.29) is 47.8 Å². The summed E-state index contributed by atoms with van der Waals surface area (Å²) >= 11 is 0. The molecule has 0 bridgehead atoms. The Balaban J connectivity index is 2.13. The van der Waals surface area contributed by atoms with E-state index >= 15 is 0 Å². The van der Waals surface area contributed by atoms with Gasteiger partial charge in [0.05, 0.1) is 12.8 Å². The number of carbonyl (C=O) groups excluding carboxylic acids is 4. The maximum atomic E-state index is 12.0. The van der Waals surface area contributed by atoms with E-state index < -0.39 is 0 Å². The zero-order valence-electron chi connectivity index (χ0n) is 10.4. The Morgan fingerprint density at radius 2 is 1.06 bits per heavy atom. The SMILES string of the molecule is O=C1CCCC(C2CCCC(=O)CC2=O)C(=O)C1. The van der Waals surface area contributed by atoms with Crippen LogP contribution in [-0.2, 0) is 19.2 Å². The maximum Gasteiger partial charge on any atom is 0.144 e. The highest BCUT2D eigenvalue weighted by atomic mass is 16.2. The van der Waals surface area contributed by atoms with Crippen LogP contribution in [0.25, 0.3) is 0 Å². The maximum absolute atomic E-state index is 12.0. The molecule has 98 valence electrons. The molecule has 18 heavy (non-hydrogen) atoms. The molecule has 4 nitrogen and oxygen atoms in total. The van der Waals surface area contributed by atoms with Crippen molar-refractivity contribution in [3.63, 3.8) is 0 Å². The number of hydrogen-bond donors (Lipinski definition) is 0. The van der Waals surface area contributed by atoms with E-state index in [4.69, 9.17) is 0 Å². The summed E-state index contributed by atoms with van der Waals surface area (Å²) in [6, 6.07) is 0. The first kappa shape index (κ1) is 13.1. The lowest BCUT2D eigenvalue weighted by Gasteiger charge is -2.21. The molecule has 0 aromatic heterocycles. The van der Waals surface area contributed by atoms with Gasteiger partial charge in [0.1, 0.15) is 23.1 Å². The predicted octanol–water partition coefficient (Wildman–Crippen LogP) is 1.64. The van der Waals surface area contributed by atoms with Gasteiger partial charge in [-0.1, -0.05) is 0 Å². The topological polar surface area (TPSA) is 68.3 Å². The van der Waals surface area contributed by atoms with Crippen molar-refractivity contribution in [3.8, 4) is 0 Å². The first-order chi connectivity index (χ1) is 8.58. The van der Waals surface area contributed by atoms with Crippen molar-refractivity contribution < 1.29 is 19.2 Å². The smallest absolute Gasteiger partial charge is 0.144 e. The quantitative estimate of drug-likeness (QED) is 0.524. The van der Waals surface area contributed by atoms with Crippen LogP contribution in [0.5, 0.6) is 0 Å². The molecule has 2 unspecified atom stereocenters. The van der Waals surface area contributed by atoms with Gasteiger partial charge in [-0.15, -0.1) is 0 Å². The highest BCUT2D eigenvalue weighted by Crippen LogP contribution is 2.32. The molecule has 0 amide bonds. The Kier molecular flexibility index (Phi) is 4.04. The molecule has 0 aliphatic heterocycles. The van der Waals surface area contributed by atoms with Crippen LogP contribution in [-0.4, -0.2) is 23.1 Å². The number of ketones is 4. The van der Waals surface area contributed by atoms with Gasteiger partial charge in [-0.25, -0.2) is 0 Å². The summed E-state index contributed by atoms with van der Waals surface area (Å²) in [4.78, 5) is 46.7. The van der Waals surface area contributed by atoms with E-state index in [1.165, 1.54) is 0 Å². The summed E-state index contributed by atoms with van der Waals surface area (Å²) in [6.45, 7) is 0. The van der Waals surface area contributed by atoms with E-state index in [0.29, 0.717) is 38.5 Å². The molecular weight excluding hydrogens is 232 g/mol. The second kappa shape index (κ2) is 5.55. The third kappa shape index (κ3) is 2.92. The van der Waals surface area contributed by atoms with Crippen LogP contribution in [0.3, 0.4) is 0 Å². The van der Waals surface area contributed by atoms with Gasteiger partial charge < -0.3 is 0 Å². The summed E-state index contributed by atoms with van der Waals surface area (Å²) in [7, 11) is 0. The molecule has 0 heterocycles. The van der Waals surface area contributed by atoms with Crippen molar-refractivity contribution in [1.29, 1.82) is 0 Å². The lowest BCUT2D eigenvalue weighted by atomic mass is 9.80.